The zero-order valence-corrected chi connectivity index (χ0v) is 9.96. The molecule has 0 aromatic rings. The molecule has 0 aliphatic heterocycles. The van der Waals surface area contributed by atoms with E-state index in [9.17, 15) is 4.79 Å². The minimum absolute atomic E-state index is 0.0215. The van der Waals surface area contributed by atoms with Gasteiger partial charge in [0.15, 0.2) is 0 Å². The fourth-order valence-electron chi connectivity index (χ4n) is 2.28. The Balaban J connectivity index is 2.37. The first kappa shape index (κ1) is 12.5. The van der Waals surface area contributed by atoms with Crippen molar-refractivity contribution in [2.24, 2.45) is 11.7 Å². The Bertz CT molecular complexity index is 196. The summed E-state index contributed by atoms with van der Waals surface area (Å²) in [6, 6.07) is -0.111. The summed E-state index contributed by atoms with van der Waals surface area (Å²) in [6.45, 7) is 3.84. The largest absolute Gasteiger partial charge is 0.352 e. The fraction of sp³-hybridized carbons (Fsp3) is 0.917. The Morgan fingerprint density at radius 3 is 2.20 bits per heavy atom. The third kappa shape index (κ3) is 4.20. The van der Waals surface area contributed by atoms with Crippen LogP contribution in [0.1, 0.15) is 52.4 Å². The van der Waals surface area contributed by atoms with E-state index in [1.165, 1.54) is 38.5 Å². The molecule has 0 radical (unpaired) electrons. The quantitative estimate of drug-likeness (QED) is 0.701. The van der Waals surface area contributed by atoms with Crippen molar-refractivity contribution in [2.75, 3.05) is 0 Å². The maximum Gasteiger partial charge on any atom is 0.236 e. The van der Waals surface area contributed by atoms with Crippen LogP contribution in [-0.4, -0.2) is 18.0 Å². The van der Waals surface area contributed by atoms with Crippen LogP contribution in [0.15, 0.2) is 0 Å². The highest BCUT2D eigenvalue weighted by molar-refractivity contribution is 5.81. The predicted octanol–water partition coefficient (Wildman–Crippen LogP) is 1.81. The highest BCUT2D eigenvalue weighted by Crippen LogP contribution is 2.25. The van der Waals surface area contributed by atoms with Gasteiger partial charge in [0.25, 0.3) is 0 Å². The van der Waals surface area contributed by atoms with Crippen LogP contribution in [0.5, 0.6) is 0 Å². The molecular weight excluding hydrogens is 188 g/mol. The van der Waals surface area contributed by atoms with Crippen molar-refractivity contribution < 1.29 is 4.79 Å². The van der Waals surface area contributed by atoms with Crippen LogP contribution in [-0.2, 0) is 4.79 Å². The molecule has 15 heavy (non-hydrogen) atoms. The van der Waals surface area contributed by atoms with E-state index in [1.807, 2.05) is 0 Å². The van der Waals surface area contributed by atoms with Gasteiger partial charge >= 0.3 is 0 Å². The molecule has 1 rings (SSSR count). The minimum atomic E-state index is -0.391. The maximum atomic E-state index is 11.4. The molecule has 0 aromatic carbocycles. The van der Waals surface area contributed by atoms with Gasteiger partial charge in [-0.25, -0.2) is 0 Å². The second kappa shape index (κ2) is 6.11. The summed E-state index contributed by atoms with van der Waals surface area (Å²) < 4.78 is 0. The van der Waals surface area contributed by atoms with E-state index in [0.29, 0.717) is 5.92 Å². The van der Waals surface area contributed by atoms with E-state index in [4.69, 9.17) is 5.73 Å². The molecule has 2 atom stereocenters. The molecule has 1 fully saturated rings. The molecule has 0 unspecified atom stereocenters. The Hall–Kier alpha value is -0.570. The molecule has 1 amide bonds. The second-order valence-electron chi connectivity index (χ2n) is 4.84. The highest BCUT2D eigenvalue weighted by atomic mass is 16.2. The third-order valence-corrected chi connectivity index (χ3v) is 3.39. The summed E-state index contributed by atoms with van der Waals surface area (Å²) in [5, 5.41) is 3.01. The predicted molar refractivity (Wildman–Crippen MR) is 62.4 cm³/mol. The van der Waals surface area contributed by atoms with Crippen molar-refractivity contribution in [1.82, 2.24) is 5.32 Å². The zero-order valence-electron chi connectivity index (χ0n) is 9.96. The average molecular weight is 212 g/mol. The first-order chi connectivity index (χ1) is 7.11. The lowest BCUT2D eigenvalue weighted by molar-refractivity contribution is -0.122. The van der Waals surface area contributed by atoms with E-state index in [-0.39, 0.29) is 11.9 Å². The van der Waals surface area contributed by atoms with Gasteiger partial charge in [0.05, 0.1) is 6.04 Å². The molecule has 3 heteroatoms. The topological polar surface area (TPSA) is 55.1 Å². The maximum absolute atomic E-state index is 11.4. The normalized spacial score (nSPS) is 22.9. The highest BCUT2D eigenvalue weighted by Gasteiger charge is 2.21. The monoisotopic (exact) mass is 212 g/mol. The molecule has 88 valence electrons. The van der Waals surface area contributed by atoms with Gasteiger partial charge in [0.1, 0.15) is 0 Å². The van der Waals surface area contributed by atoms with E-state index in [1.54, 1.807) is 6.92 Å². The van der Waals surface area contributed by atoms with Crippen molar-refractivity contribution in [3.63, 3.8) is 0 Å². The molecular formula is C12H24N2O. The number of amides is 1. The van der Waals surface area contributed by atoms with E-state index < -0.39 is 6.04 Å². The van der Waals surface area contributed by atoms with E-state index in [2.05, 4.69) is 12.2 Å². The van der Waals surface area contributed by atoms with Gasteiger partial charge in [0.2, 0.25) is 5.91 Å². The van der Waals surface area contributed by atoms with Gasteiger partial charge in [-0.1, -0.05) is 25.7 Å². The molecule has 0 spiro atoms. The molecule has 0 aromatic heterocycles. The van der Waals surface area contributed by atoms with Crippen LogP contribution < -0.4 is 11.1 Å². The summed E-state index contributed by atoms with van der Waals surface area (Å²) in [5.74, 6) is 0.627. The van der Waals surface area contributed by atoms with Gasteiger partial charge in [-0.2, -0.15) is 0 Å². The summed E-state index contributed by atoms with van der Waals surface area (Å²) >= 11 is 0. The lowest BCUT2D eigenvalue weighted by Gasteiger charge is -2.24. The third-order valence-electron chi connectivity index (χ3n) is 3.39. The number of nitrogens with one attached hydrogen (secondary N) is 1. The molecule has 1 aliphatic rings. The Morgan fingerprint density at radius 2 is 1.73 bits per heavy atom. The van der Waals surface area contributed by atoms with Crippen LogP contribution in [0.2, 0.25) is 0 Å². The van der Waals surface area contributed by atoms with Gasteiger partial charge in [0, 0.05) is 6.04 Å². The number of hydrogen-bond acceptors (Lipinski definition) is 2. The number of rotatable bonds is 3. The van der Waals surface area contributed by atoms with Crippen molar-refractivity contribution in [3.8, 4) is 0 Å². The number of carbonyl (C=O) groups excluding carboxylic acids is 1. The van der Waals surface area contributed by atoms with Crippen LogP contribution >= 0.6 is 0 Å². The van der Waals surface area contributed by atoms with E-state index >= 15 is 0 Å². The second-order valence-corrected chi connectivity index (χ2v) is 4.84. The fourth-order valence-corrected chi connectivity index (χ4v) is 2.28. The minimum Gasteiger partial charge on any atom is -0.352 e. The summed E-state index contributed by atoms with van der Waals surface area (Å²) in [4.78, 5) is 11.4. The number of carbonyl (C=O) groups is 1. The van der Waals surface area contributed by atoms with Crippen LogP contribution in [0.4, 0.5) is 0 Å². The lowest BCUT2D eigenvalue weighted by Crippen LogP contribution is -2.45. The summed E-state index contributed by atoms with van der Waals surface area (Å²) in [6.07, 6.45) is 7.82. The Morgan fingerprint density at radius 1 is 1.20 bits per heavy atom. The Labute approximate surface area is 92.8 Å². The molecule has 0 heterocycles. The van der Waals surface area contributed by atoms with Gasteiger partial charge in [-0.15, -0.1) is 0 Å². The molecule has 1 saturated carbocycles. The average Bonchev–Trinajstić information content (AvgIpc) is 2.45. The Kier molecular flexibility index (Phi) is 5.09. The first-order valence-corrected chi connectivity index (χ1v) is 6.17. The van der Waals surface area contributed by atoms with Gasteiger partial charge in [-0.05, 0) is 32.6 Å². The summed E-state index contributed by atoms with van der Waals surface area (Å²) in [7, 11) is 0. The molecule has 3 N–H and O–H groups in total. The number of nitrogens with two attached hydrogens (primary N) is 1. The molecule has 0 saturated heterocycles. The first-order valence-electron chi connectivity index (χ1n) is 6.17. The zero-order chi connectivity index (χ0) is 11.3. The molecule has 1 aliphatic carbocycles. The van der Waals surface area contributed by atoms with E-state index in [0.717, 1.165) is 0 Å². The van der Waals surface area contributed by atoms with Crippen molar-refractivity contribution in [2.45, 2.75) is 64.5 Å². The van der Waals surface area contributed by atoms with Gasteiger partial charge in [-0.3, -0.25) is 4.79 Å². The van der Waals surface area contributed by atoms with Crippen LogP contribution in [0, 0.1) is 5.92 Å². The lowest BCUT2D eigenvalue weighted by atomic mass is 9.93. The number of hydrogen-bond donors (Lipinski definition) is 2. The SMILES string of the molecule is C[C@H](N)C(=O)N[C@@H](C)C1CCCCCC1. The van der Waals surface area contributed by atoms with Crippen LogP contribution in [0.3, 0.4) is 0 Å². The van der Waals surface area contributed by atoms with Gasteiger partial charge < -0.3 is 11.1 Å². The standard InChI is InChI=1S/C12H24N2O/c1-9(13)12(15)14-10(2)11-7-5-3-4-6-8-11/h9-11H,3-8,13H2,1-2H3,(H,14,15)/t9-,10-/m0/s1. The van der Waals surface area contributed by atoms with Crippen LogP contribution in [0.25, 0.3) is 0 Å². The molecule has 3 nitrogen and oxygen atoms in total. The van der Waals surface area contributed by atoms with Crippen molar-refractivity contribution in [3.05, 3.63) is 0 Å². The van der Waals surface area contributed by atoms with Crippen molar-refractivity contribution in [1.29, 1.82) is 0 Å². The molecule has 0 bridgehead atoms. The summed E-state index contributed by atoms with van der Waals surface area (Å²) in [5.41, 5.74) is 5.53. The smallest absolute Gasteiger partial charge is 0.236 e. The van der Waals surface area contributed by atoms with Crippen molar-refractivity contribution >= 4 is 5.91 Å².